The second-order valence-corrected chi connectivity index (χ2v) is 5.08. The molecule has 5 nitrogen and oxygen atoms in total. The summed E-state index contributed by atoms with van der Waals surface area (Å²) in [5.41, 5.74) is 0.753. The summed E-state index contributed by atoms with van der Waals surface area (Å²) in [5, 5.41) is 11.8. The van der Waals surface area contributed by atoms with E-state index in [9.17, 15) is 0 Å². The van der Waals surface area contributed by atoms with Crippen LogP contribution in [0.2, 0.25) is 5.02 Å². The average Bonchev–Trinajstić information content (AvgIpc) is 3.15. The van der Waals surface area contributed by atoms with Gasteiger partial charge in [0, 0.05) is 11.8 Å². The normalized spacial score (nSPS) is 11.7. The number of hydrogen-bond donors (Lipinski definition) is 1. The molecule has 0 spiro atoms. The lowest BCUT2D eigenvalue weighted by Gasteiger charge is -2.02. The first-order valence-corrected chi connectivity index (χ1v) is 7.21. The van der Waals surface area contributed by atoms with Crippen LogP contribution in [0.4, 0.5) is 0 Å². The van der Waals surface area contributed by atoms with Crippen molar-refractivity contribution in [1.29, 1.82) is 0 Å². The minimum absolute atomic E-state index is 0.387. The zero-order valence-electron chi connectivity index (χ0n) is 11.3. The lowest BCUT2D eigenvalue weighted by Crippen LogP contribution is -1.94. The number of halogens is 1. The number of furan rings is 1. The van der Waals surface area contributed by atoms with Gasteiger partial charge in [0.25, 0.3) is 0 Å². The Bertz CT molecular complexity index is 877. The maximum Gasteiger partial charge on any atom is 0.216 e. The van der Waals surface area contributed by atoms with Crippen molar-refractivity contribution in [2.24, 2.45) is 5.10 Å². The van der Waals surface area contributed by atoms with Crippen LogP contribution < -0.4 is 0 Å². The maximum absolute atomic E-state index is 6.19. The molecular weight excluding hydrogens is 320 g/mol. The molecule has 0 radical (unpaired) electrons. The first-order chi connectivity index (χ1) is 10.8. The third-order valence-electron chi connectivity index (χ3n) is 2.84. The second kappa shape index (κ2) is 6.55. The Morgan fingerprint density at radius 2 is 2.14 bits per heavy atom. The van der Waals surface area contributed by atoms with E-state index in [1.165, 1.54) is 4.68 Å². The van der Waals surface area contributed by atoms with Crippen molar-refractivity contribution in [3.63, 3.8) is 0 Å². The van der Waals surface area contributed by atoms with Crippen LogP contribution in [-0.2, 0) is 0 Å². The fraction of sp³-hybridized carbons (Fsp3) is 0. The molecule has 110 valence electrons. The molecule has 0 saturated carbocycles. The van der Waals surface area contributed by atoms with Gasteiger partial charge >= 0.3 is 0 Å². The Morgan fingerprint density at radius 3 is 2.91 bits per heavy atom. The molecule has 0 unspecified atom stereocenters. The molecular formula is C15H11ClN4OS. The molecule has 0 atom stereocenters. The van der Waals surface area contributed by atoms with E-state index < -0.39 is 0 Å². The molecule has 0 bridgehead atoms. The number of rotatable bonds is 4. The van der Waals surface area contributed by atoms with Crippen LogP contribution in [-0.4, -0.2) is 21.1 Å². The van der Waals surface area contributed by atoms with Gasteiger partial charge in [0.2, 0.25) is 4.77 Å². The van der Waals surface area contributed by atoms with Gasteiger partial charge in [-0.1, -0.05) is 23.7 Å². The first-order valence-electron chi connectivity index (χ1n) is 6.42. The van der Waals surface area contributed by atoms with E-state index in [2.05, 4.69) is 15.3 Å². The first kappa shape index (κ1) is 14.5. The van der Waals surface area contributed by atoms with Crippen LogP contribution >= 0.6 is 23.8 Å². The van der Waals surface area contributed by atoms with Gasteiger partial charge in [0.1, 0.15) is 5.76 Å². The van der Waals surface area contributed by atoms with E-state index in [1.807, 2.05) is 30.3 Å². The van der Waals surface area contributed by atoms with E-state index in [0.717, 1.165) is 11.3 Å². The van der Waals surface area contributed by atoms with Crippen molar-refractivity contribution >= 4 is 36.1 Å². The number of H-pyrrole nitrogens is 1. The number of nitrogens with zero attached hydrogens (tertiary/aromatic N) is 3. The smallest absolute Gasteiger partial charge is 0.216 e. The van der Waals surface area contributed by atoms with E-state index in [4.69, 9.17) is 28.2 Å². The van der Waals surface area contributed by atoms with Gasteiger partial charge in [0.05, 0.1) is 11.3 Å². The third-order valence-corrected chi connectivity index (χ3v) is 3.43. The van der Waals surface area contributed by atoms with Crippen LogP contribution in [0.15, 0.2) is 58.3 Å². The summed E-state index contributed by atoms with van der Waals surface area (Å²) in [6.45, 7) is 0. The van der Waals surface area contributed by atoms with E-state index in [0.29, 0.717) is 15.6 Å². The van der Waals surface area contributed by atoms with Crippen LogP contribution in [0, 0.1) is 4.77 Å². The number of nitrogens with one attached hydrogen (secondary N) is 1. The van der Waals surface area contributed by atoms with Gasteiger partial charge in [-0.05, 0) is 48.6 Å². The number of hydrogen-bond acceptors (Lipinski definition) is 4. The Balaban J connectivity index is 1.90. The summed E-state index contributed by atoms with van der Waals surface area (Å²) < 4.78 is 7.09. The highest BCUT2D eigenvalue weighted by molar-refractivity contribution is 7.71. The molecule has 0 aliphatic rings. The summed E-state index contributed by atoms with van der Waals surface area (Å²) in [4.78, 5) is 0. The number of benzene rings is 1. The standard InChI is InChI=1S/C15H11ClN4OS/c16-13-8-2-1-7-12(13)14-18-19-15(22)20(14)17-9-3-5-11-6-4-10-21-11/h1-10H,(H,19,22)/b5-3+,17-9?. The fourth-order valence-electron chi connectivity index (χ4n) is 1.84. The predicted molar refractivity (Wildman–Crippen MR) is 89.5 cm³/mol. The zero-order valence-corrected chi connectivity index (χ0v) is 12.9. The highest BCUT2D eigenvalue weighted by Gasteiger charge is 2.10. The largest absolute Gasteiger partial charge is 0.465 e. The minimum Gasteiger partial charge on any atom is -0.465 e. The lowest BCUT2D eigenvalue weighted by atomic mass is 10.2. The van der Waals surface area contributed by atoms with Crippen LogP contribution in [0.3, 0.4) is 0 Å². The highest BCUT2D eigenvalue weighted by atomic mass is 35.5. The van der Waals surface area contributed by atoms with Crippen LogP contribution in [0.5, 0.6) is 0 Å². The zero-order chi connectivity index (χ0) is 15.4. The highest BCUT2D eigenvalue weighted by Crippen LogP contribution is 2.25. The molecule has 1 N–H and O–H groups in total. The number of aromatic amines is 1. The van der Waals surface area contributed by atoms with Gasteiger partial charge in [-0.25, -0.2) is 5.10 Å². The second-order valence-electron chi connectivity index (χ2n) is 4.28. The molecule has 3 aromatic rings. The van der Waals surface area contributed by atoms with Crippen LogP contribution in [0.25, 0.3) is 17.5 Å². The summed E-state index contributed by atoms with van der Waals surface area (Å²) >= 11 is 11.4. The Morgan fingerprint density at radius 1 is 1.27 bits per heavy atom. The third kappa shape index (κ3) is 3.08. The van der Waals surface area contributed by atoms with Crippen molar-refractivity contribution in [1.82, 2.24) is 14.9 Å². The SMILES string of the molecule is S=c1[nH]nc(-c2ccccc2Cl)n1N=C/C=C/c1ccco1. The molecule has 0 amide bonds. The fourth-order valence-corrected chi connectivity index (χ4v) is 2.24. The van der Waals surface area contributed by atoms with Gasteiger partial charge in [0.15, 0.2) is 5.82 Å². The number of allylic oxidation sites excluding steroid dienone is 1. The van der Waals surface area contributed by atoms with Gasteiger partial charge in [-0.15, -0.1) is 0 Å². The molecule has 0 aliphatic carbocycles. The van der Waals surface area contributed by atoms with Gasteiger partial charge in [-0.2, -0.15) is 14.9 Å². The Labute approximate surface area is 136 Å². The van der Waals surface area contributed by atoms with Gasteiger partial charge < -0.3 is 4.42 Å². The van der Waals surface area contributed by atoms with Crippen molar-refractivity contribution in [2.45, 2.75) is 0 Å². The number of aromatic nitrogens is 3. The predicted octanol–water partition coefficient (Wildman–Crippen LogP) is 4.40. The van der Waals surface area contributed by atoms with E-state index in [1.54, 1.807) is 30.7 Å². The van der Waals surface area contributed by atoms with E-state index in [-0.39, 0.29) is 0 Å². The quantitative estimate of drug-likeness (QED) is 0.569. The Kier molecular flexibility index (Phi) is 4.32. The summed E-state index contributed by atoms with van der Waals surface area (Å²) in [5.74, 6) is 1.30. The molecule has 2 aromatic heterocycles. The van der Waals surface area contributed by atoms with Crippen molar-refractivity contribution < 1.29 is 4.42 Å². The lowest BCUT2D eigenvalue weighted by molar-refractivity contribution is 0.557. The molecule has 0 fully saturated rings. The van der Waals surface area contributed by atoms with Gasteiger partial charge in [-0.3, -0.25) is 0 Å². The molecule has 3 rings (SSSR count). The van der Waals surface area contributed by atoms with Crippen molar-refractivity contribution in [2.75, 3.05) is 0 Å². The van der Waals surface area contributed by atoms with Crippen molar-refractivity contribution in [3.05, 3.63) is 64.3 Å². The monoisotopic (exact) mass is 330 g/mol. The molecule has 2 heterocycles. The van der Waals surface area contributed by atoms with Crippen molar-refractivity contribution in [3.8, 4) is 11.4 Å². The summed E-state index contributed by atoms with van der Waals surface area (Å²) in [6.07, 6.45) is 6.76. The average molecular weight is 331 g/mol. The molecule has 22 heavy (non-hydrogen) atoms. The van der Waals surface area contributed by atoms with Crippen LogP contribution in [0.1, 0.15) is 5.76 Å². The molecule has 0 saturated heterocycles. The minimum atomic E-state index is 0.387. The summed E-state index contributed by atoms with van der Waals surface area (Å²) in [6, 6.07) is 11.1. The van der Waals surface area contributed by atoms with E-state index >= 15 is 0 Å². The molecule has 7 heteroatoms. The topological polar surface area (TPSA) is 59.1 Å². The summed E-state index contributed by atoms with van der Waals surface area (Å²) in [7, 11) is 0. The molecule has 1 aromatic carbocycles. The maximum atomic E-state index is 6.19. The Hall–Kier alpha value is -2.44. The molecule has 0 aliphatic heterocycles.